The molecule has 0 atom stereocenters. The molecule has 0 aliphatic rings. The zero-order valence-electron chi connectivity index (χ0n) is 10.2. The van der Waals surface area contributed by atoms with Gasteiger partial charge in [0.2, 0.25) is 0 Å². The smallest absolute Gasteiger partial charge is 0.0913 e. The minimum Gasteiger partial charge on any atom is -0.254 e. The third-order valence-corrected chi connectivity index (χ3v) is 3.79. The van der Waals surface area contributed by atoms with E-state index >= 15 is 0 Å². The van der Waals surface area contributed by atoms with Crippen LogP contribution in [0.3, 0.4) is 0 Å². The van der Waals surface area contributed by atoms with E-state index in [4.69, 9.17) is 0 Å². The molecule has 0 unspecified atom stereocenters. The highest BCUT2D eigenvalue weighted by Gasteiger charge is 2.04. The molecule has 1 nitrogen and oxygen atoms in total. The fraction of sp³-hybridized carbons (Fsp3) is 0.133. The van der Waals surface area contributed by atoms with Gasteiger partial charge in [0.25, 0.3) is 0 Å². The fourth-order valence-corrected chi connectivity index (χ4v) is 3.23. The maximum atomic E-state index is 4.53. The van der Waals surface area contributed by atoms with Gasteiger partial charge in [0.05, 0.1) is 5.69 Å². The highest BCUT2D eigenvalue weighted by Crippen LogP contribution is 2.34. The van der Waals surface area contributed by atoms with Crippen molar-refractivity contribution < 1.29 is 0 Å². The molecule has 2 aromatic carbocycles. The van der Waals surface area contributed by atoms with Gasteiger partial charge in [0.15, 0.2) is 0 Å². The molecule has 0 fully saturated rings. The summed E-state index contributed by atoms with van der Waals surface area (Å²) in [6.07, 6.45) is 1.87. The van der Waals surface area contributed by atoms with Gasteiger partial charge in [0.1, 0.15) is 0 Å². The second-order valence-corrected chi connectivity index (χ2v) is 5.95. The van der Waals surface area contributed by atoms with Gasteiger partial charge in [-0.3, -0.25) is 4.99 Å². The van der Waals surface area contributed by atoms with E-state index in [0.717, 1.165) is 20.2 Å². The number of aryl methyl sites for hydroxylation is 2. The van der Waals surface area contributed by atoms with Crippen molar-refractivity contribution in [3.8, 4) is 0 Å². The van der Waals surface area contributed by atoms with Gasteiger partial charge in [-0.05, 0) is 69.0 Å². The summed E-state index contributed by atoms with van der Waals surface area (Å²) >= 11 is 7.08. The second-order valence-electron chi connectivity index (χ2n) is 4.25. The van der Waals surface area contributed by atoms with Crippen LogP contribution in [-0.2, 0) is 0 Å². The van der Waals surface area contributed by atoms with Crippen molar-refractivity contribution in [2.75, 3.05) is 0 Å². The Morgan fingerprint density at radius 1 is 0.889 bits per heavy atom. The summed E-state index contributed by atoms with van der Waals surface area (Å²) in [7, 11) is 0. The number of benzene rings is 2. The number of halogens is 2. The first-order valence-corrected chi connectivity index (χ1v) is 7.21. The van der Waals surface area contributed by atoms with E-state index in [1.807, 2.05) is 6.21 Å². The van der Waals surface area contributed by atoms with Crippen molar-refractivity contribution in [1.29, 1.82) is 0 Å². The molecule has 0 N–H and O–H groups in total. The van der Waals surface area contributed by atoms with Crippen molar-refractivity contribution in [2.24, 2.45) is 4.99 Å². The monoisotopic (exact) mass is 365 g/mol. The van der Waals surface area contributed by atoms with Crippen molar-refractivity contribution in [3.05, 3.63) is 62.0 Å². The van der Waals surface area contributed by atoms with E-state index < -0.39 is 0 Å². The van der Waals surface area contributed by atoms with Crippen LogP contribution in [0.4, 0.5) is 5.69 Å². The Balaban J connectivity index is 2.31. The van der Waals surface area contributed by atoms with Crippen molar-refractivity contribution >= 4 is 43.8 Å². The molecule has 0 saturated carbocycles. The van der Waals surface area contributed by atoms with Crippen molar-refractivity contribution in [1.82, 2.24) is 0 Å². The summed E-state index contributed by atoms with van der Waals surface area (Å²) in [5, 5.41) is 0. The molecule has 92 valence electrons. The lowest BCUT2D eigenvalue weighted by atomic mass is 10.2. The topological polar surface area (TPSA) is 12.4 Å². The molecule has 0 bridgehead atoms. The lowest BCUT2D eigenvalue weighted by molar-refractivity contribution is 1.39. The maximum Gasteiger partial charge on any atom is 0.0913 e. The van der Waals surface area contributed by atoms with Crippen LogP contribution in [0.5, 0.6) is 0 Å². The Hall–Kier alpha value is -0.930. The highest BCUT2D eigenvalue weighted by molar-refractivity contribution is 9.11. The molecular formula is C15H13Br2N. The molecule has 0 aliphatic carbocycles. The van der Waals surface area contributed by atoms with E-state index in [-0.39, 0.29) is 0 Å². The summed E-state index contributed by atoms with van der Waals surface area (Å²) in [6.45, 7) is 4.14. The largest absolute Gasteiger partial charge is 0.254 e. The zero-order chi connectivity index (χ0) is 13.1. The number of hydrogen-bond acceptors (Lipinski definition) is 1. The van der Waals surface area contributed by atoms with Gasteiger partial charge in [-0.2, -0.15) is 0 Å². The Morgan fingerprint density at radius 3 is 2.00 bits per heavy atom. The van der Waals surface area contributed by atoms with Crippen molar-refractivity contribution in [2.45, 2.75) is 13.8 Å². The summed E-state index contributed by atoms with van der Waals surface area (Å²) in [6, 6.07) is 12.4. The molecule has 0 heterocycles. The summed E-state index contributed by atoms with van der Waals surface area (Å²) in [5.74, 6) is 0. The maximum absolute atomic E-state index is 4.53. The van der Waals surface area contributed by atoms with Gasteiger partial charge < -0.3 is 0 Å². The van der Waals surface area contributed by atoms with Crippen LogP contribution in [0.25, 0.3) is 0 Å². The zero-order valence-corrected chi connectivity index (χ0v) is 13.4. The Labute approximate surface area is 124 Å². The Morgan fingerprint density at radius 2 is 1.44 bits per heavy atom. The molecule has 0 spiro atoms. The van der Waals surface area contributed by atoms with E-state index in [9.17, 15) is 0 Å². The van der Waals surface area contributed by atoms with Crippen LogP contribution in [0, 0.1) is 13.8 Å². The summed E-state index contributed by atoms with van der Waals surface area (Å²) in [5.41, 5.74) is 4.47. The number of aliphatic imine (C=N–C) groups is 1. The van der Waals surface area contributed by atoms with Gasteiger partial charge in [0, 0.05) is 15.2 Å². The van der Waals surface area contributed by atoms with Crippen LogP contribution in [-0.4, -0.2) is 6.21 Å². The molecule has 0 amide bonds. The van der Waals surface area contributed by atoms with Gasteiger partial charge in [-0.25, -0.2) is 0 Å². The SMILES string of the molecule is Cc1ccc(C=Nc2c(Br)cc(C)cc2Br)cc1. The minimum atomic E-state index is 0.918. The lowest BCUT2D eigenvalue weighted by Crippen LogP contribution is -1.82. The molecule has 2 rings (SSSR count). The number of rotatable bonds is 2. The third kappa shape index (κ3) is 3.30. The third-order valence-electron chi connectivity index (χ3n) is 2.58. The van der Waals surface area contributed by atoms with Crippen molar-refractivity contribution in [3.63, 3.8) is 0 Å². The van der Waals surface area contributed by atoms with E-state index in [2.05, 4.69) is 87.1 Å². The normalized spacial score (nSPS) is 11.1. The van der Waals surface area contributed by atoms with Crippen LogP contribution in [0.1, 0.15) is 16.7 Å². The van der Waals surface area contributed by atoms with Crippen LogP contribution in [0.15, 0.2) is 50.3 Å². The Kier molecular flexibility index (Phi) is 4.36. The second kappa shape index (κ2) is 5.81. The predicted molar refractivity (Wildman–Crippen MR) is 85.0 cm³/mol. The standard InChI is InChI=1S/C15H13Br2N/c1-10-3-5-12(6-4-10)9-18-15-13(16)7-11(2)8-14(15)17/h3-9H,1-2H3. The first-order chi connectivity index (χ1) is 8.56. The molecule has 0 radical (unpaired) electrons. The molecule has 0 aliphatic heterocycles. The number of nitrogens with zero attached hydrogens (tertiary/aromatic N) is 1. The molecule has 0 aromatic heterocycles. The number of hydrogen-bond donors (Lipinski definition) is 0. The first-order valence-electron chi connectivity index (χ1n) is 5.62. The minimum absolute atomic E-state index is 0.918. The lowest BCUT2D eigenvalue weighted by Gasteiger charge is -2.03. The quantitative estimate of drug-likeness (QED) is 0.615. The average molecular weight is 367 g/mol. The molecule has 18 heavy (non-hydrogen) atoms. The average Bonchev–Trinajstić information content (AvgIpc) is 2.30. The van der Waals surface area contributed by atoms with E-state index in [1.54, 1.807) is 0 Å². The highest BCUT2D eigenvalue weighted by atomic mass is 79.9. The summed E-state index contributed by atoms with van der Waals surface area (Å²) < 4.78 is 2.00. The van der Waals surface area contributed by atoms with Gasteiger partial charge >= 0.3 is 0 Å². The molecular weight excluding hydrogens is 354 g/mol. The summed E-state index contributed by atoms with van der Waals surface area (Å²) in [4.78, 5) is 4.53. The van der Waals surface area contributed by atoms with E-state index in [0.29, 0.717) is 0 Å². The van der Waals surface area contributed by atoms with Gasteiger partial charge in [-0.15, -0.1) is 0 Å². The molecule has 3 heteroatoms. The van der Waals surface area contributed by atoms with Crippen LogP contribution in [0.2, 0.25) is 0 Å². The fourth-order valence-electron chi connectivity index (χ4n) is 1.61. The van der Waals surface area contributed by atoms with Gasteiger partial charge in [-0.1, -0.05) is 29.8 Å². The molecule has 2 aromatic rings. The first kappa shape index (κ1) is 13.5. The van der Waals surface area contributed by atoms with E-state index in [1.165, 1.54) is 11.1 Å². The molecule has 0 saturated heterocycles. The Bertz CT molecular complexity index is 563. The van der Waals surface area contributed by atoms with Crippen LogP contribution >= 0.6 is 31.9 Å². The predicted octanol–water partition coefficient (Wildman–Crippen LogP) is 5.58. The van der Waals surface area contributed by atoms with Crippen LogP contribution < -0.4 is 0 Å².